The van der Waals surface area contributed by atoms with E-state index in [0.717, 1.165) is 0 Å². The number of aromatic nitrogens is 2. The van der Waals surface area contributed by atoms with E-state index < -0.39 is 11.7 Å². The lowest BCUT2D eigenvalue weighted by Crippen LogP contribution is -2.38. The SMILES string of the molecule is NNC(=S)NN=C(c1nc2ccc(Cl)cc2[nH]c1=O)C(O)c1ccc(Cl)cc1Cl. The normalized spacial score (nSPS) is 12.7. The number of hydrogen-bond donors (Lipinski definition) is 5. The number of aromatic amines is 1. The summed E-state index contributed by atoms with van der Waals surface area (Å²) in [6.07, 6.45) is -1.42. The summed E-state index contributed by atoms with van der Waals surface area (Å²) in [4.78, 5) is 19.6. The highest BCUT2D eigenvalue weighted by molar-refractivity contribution is 7.80. The van der Waals surface area contributed by atoms with Crippen LogP contribution in [0.15, 0.2) is 46.3 Å². The molecule has 1 atom stereocenters. The topological polar surface area (TPSA) is 128 Å². The maximum Gasteiger partial charge on any atom is 0.276 e. The number of H-pyrrole nitrogens is 1. The van der Waals surface area contributed by atoms with Crippen LogP contribution < -0.4 is 22.3 Å². The summed E-state index contributed by atoms with van der Waals surface area (Å²) in [7, 11) is 0. The molecule has 0 fully saturated rings. The van der Waals surface area contributed by atoms with Gasteiger partial charge >= 0.3 is 0 Å². The summed E-state index contributed by atoms with van der Waals surface area (Å²) >= 11 is 23.0. The number of rotatable bonds is 4. The minimum atomic E-state index is -1.42. The number of hydrazone groups is 1. The van der Waals surface area contributed by atoms with Gasteiger partial charge in [0.25, 0.3) is 5.56 Å². The third-order valence-corrected chi connectivity index (χ3v) is 4.83. The van der Waals surface area contributed by atoms with Crippen molar-refractivity contribution in [1.82, 2.24) is 20.8 Å². The molecule has 3 rings (SSSR count). The number of halogens is 3. The van der Waals surface area contributed by atoms with Crippen molar-refractivity contribution in [2.75, 3.05) is 0 Å². The first-order valence-electron chi connectivity index (χ1n) is 7.97. The highest BCUT2D eigenvalue weighted by atomic mass is 35.5. The number of aliphatic hydroxyl groups is 1. The molecule has 0 aliphatic rings. The summed E-state index contributed by atoms with van der Waals surface area (Å²) < 4.78 is 0. The van der Waals surface area contributed by atoms with E-state index in [4.69, 9.17) is 52.9 Å². The third kappa shape index (κ3) is 4.84. The molecule has 0 aliphatic carbocycles. The van der Waals surface area contributed by atoms with Gasteiger partial charge in [0.1, 0.15) is 11.8 Å². The first-order chi connectivity index (χ1) is 13.8. The summed E-state index contributed by atoms with van der Waals surface area (Å²) in [5.41, 5.74) is 4.87. The molecule has 1 heterocycles. The van der Waals surface area contributed by atoms with Crippen LogP contribution in [0, 0.1) is 0 Å². The van der Waals surface area contributed by atoms with Crippen molar-refractivity contribution in [2.45, 2.75) is 6.10 Å². The number of nitrogens with zero attached hydrogens (tertiary/aromatic N) is 2. The van der Waals surface area contributed by atoms with Gasteiger partial charge < -0.3 is 10.1 Å². The standard InChI is InChI=1S/C17H13Cl3N6O2S/c18-7-1-3-9(10(20)5-7)15(27)13(25-26-17(29)24-21)14-16(28)23-12-6-8(19)2-4-11(12)22-14/h1-6,15,27H,21H2,(H,23,28)(H2,24,26,29). The summed E-state index contributed by atoms with van der Waals surface area (Å²) in [6.45, 7) is 0. The van der Waals surface area contributed by atoms with Crippen LogP contribution in [-0.2, 0) is 0 Å². The Bertz CT molecular complexity index is 1180. The summed E-state index contributed by atoms with van der Waals surface area (Å²) in [6, 6.07) is 9.31. The number of hydrogen-bond acceptors (Lipinski definition) is 6. The first kappa shape index (κ1) is 21.4. The van der Waals surface area contributed by atoms with E-state index in [1.165, 1.54) is 12.1 Å². The Balaban J connectivity index is 2.16. The van der Waals surface area contributed by atoms with E-state index in [0.29, 0.717) is 21.1 Å². The monoisotopic (exact) mass is 470 g/mol. The molecular formula is C17H13Cl3N6O2S. The van der Waals surface area contributed by atoms with E-state index >= 15 is 0 Å². The van der Waals surface area contributed by atoms with E-state index in [2.05, 4.69) is 25.9 Å². The third-order valence-electron chi connectivity index (χ3n) is 3.82. The van der Waals surface area contributed by atoms with Gasteiger partial charge in [0, 0.05) is 20.6 Å². The van der Waals surface area contributed by atoms with Gasteiger partial charge in [-0.1, -0.05) is 40.9 Å². The average molecular weight is 472 g/mol. The van der Waals surface area contributed by atoms with Crippen LogP contribution >= 0.6 is 47.0 Å². The minimum Gasteiger partial charge on any atom is -0.382 e. The molecule has 0 bridgehead atoms. The zero-order valence-electron chi connectivity index (χ0n) is 14.4. The highest BCUT2D eigenvalue weighted by Crippen LogP contribution is 2.28. The molecule has 0 saturated heterocycles. The number of nitrogens with one attached hydrogen (secondary N) is 3. The summed E-state index contributed by atoms with van der Waals surface area (Å²) in [5.74, 6) is 5.23. The molecule has 29 heavy (non-hydrogen) atoms. The van der Waals surface area contributed by atoms with Crippen molar-refractivity contribution in [3.05, 3.63) is 73.1 Å². The Labute approximate surface area is 184 Å². The van der Waals surface area contributed by atoms with E-state index in [-0.39, 0.29) is 27.1 Å². The zero-order valence-corrected chi connectivity index (χ0v) is 17.5. The Morgan fingerprint density at radius 1 is 1.21 bits per heavy atom. The predicted molar refractivity (Wildman–Crippen MR) is 118 cm³/mol. The predicted octanol–water partition coefficient (Wildman–Crippen LogP) is 2.66. The minimum absolute atomic E-state index is 0.0408. The fourth-order valence-corrected chi connectivity index (χ4v) is 3.22. The van der Waals surface area contributed by atoms with E-state index in [9.17, 15) is 9.90 Å². The molecule has 0 spiro atoms. The van der Waals surface area contributed by atoms with Crippen molar-refractivity contribution in [2.24, 2.45) is 10.9 Å². The largest absolute Gasteiger partial charge is 0.382 e. The van der Waals surface area contributed by atoms with Crippen LogP contribution in [0.3, 0.4) is 0 Å². The smallest absolute Gasteiger partial charge is 0.276 e. The maximum absolute atomic E-state index is 12.7. The molecule has 6 N–H and O–H groups in total. The van der Waals surface area contributed by atoms with Crippen LogP contribution in [-0.4, -0.2) is 25.9 Å². The molecule has 150 valence electrons. The molecule has 0 saturated carbocycles. The molecule has 12 heteroatoms. The lowest BCUT2D eigenvalue weighted by atomic mass is 10.0. The van der Waals surface area contributed by atoms with Gasteiger partial charge in [0.15, 0.2) is 5.69 Å². The Hall–Kier alpha value is -2.27. The van der Waals surface area contributed by atoms with Crippen LogP contribution in [0.4, 0.5) is 0 Å². The number of thiocarbonyl (C=S) groups is 1. The van der Waals surface area contributed by atoms with Gasteiger partial charge in [-0.3, -0.25) is 15.6 Å². The molecule has 3 aromatic rings. The number of aliphatic hydroxyl groups excluding tert-OH is 1. The van der Waals surface area contributed by atoms with Gasteiger partial charge in [-0.25, -0.2) is 10.8 Å². The van der Waals surface area contributed by atoms with Gasteiger partial charge in [-0.15, -0.1) is 0 Å². The van der Waals surface area contributed by atoms with Gasteiger partial charge in [0.05, 0.1) is 11.0 Å². The number of fused-ring (bicyclic) bond motifs is 1. The van der Waals surface area contributed by atoms with Crippen molar-refractivity contribution in [3.63, 3.8) is 0 Å². The number of hydrazine groups is 1. The fourth-order valence-electron chi connectivity index (χ4n) is 2.49. The van der Waals surface area contributed by atoms with Crippen LogP contribution in [0.2, 0.25) is 15.1 Å². The molecule has 2 aromatic carbocycles. The molecular weight excluding hydrogens is 459 g/mol. The number of nitrogens with two attached hydrogens (primary N) is 1. The molecule has 0 aliphatic heterocycles. The highest BCUT2D eigenvalue weighted by Gasteiger charge is 2.24. The quantitative estimate of drug-likeness (QED) is 0.171. The van der Waals surface area contributed by atoms with Crippen molar-refractivity contribution in [1.29, 1.82) is 0 Å². The second-order valence-electron chi connectivity index (χ2n) is 5.73. The van der Waals surface area contributed by atoms with Crippen molar-refractivity contribution in [3.8, 4) is 0 Å². The van der Waals surface area contributed by atoms with Gasteiger partial charge in [-0.2, -0.15) is 5.10 Å². The molecule has 1 unspecified atom stereocenters. The van der Waals surface area contributed by atoms with Crippen LogP contribution in [0.1, 0.15) is 17.4 Å². The second-order valence-corrected chi connectivity index (χ2v) is 7.42. The van der Waals surface area contributed by atoms with Crippen molar-refractivity contribution >= 4 is 68.9 Å². The molecule has 1 aromatic heterocycles. The Morgan fingerprint density at radius 2 is 1.90 bits per heavy atom. The van der Waals surface area contributed by atoms with Crippen LogP contribution in [0.5, 0.6) is 0 Å². The molecule has 8 nitrogen and oxygen atoms in total. The maximum atomic E-state index is 12.7. The fraction of sp³-hybridized carbons (Fsp3) is 0.0588. The Kier molecular flexibility index (Phi) is 6.68. The average Bonchev–Trinajstić information content (AvgIpc) is 2.68. The molecule has 0 amide bonds. The van der Waals surface area contributed by atoms with E-state index in [1.54, 1.807) is 24.3 Å². The zero-order chi connectivity index (χ0) is 21.1. The second kappa shape index (κ2) is 9.04. The van der Waals surface area contributed by atoms with E-state index in [1.807, 2.05) is 0 Å². The van der Waals surface area contributed by atoms with Gasteiger partial charge in [-0.05, 0) is 42.5 Å². The van der Waals surface area contributed by atoms with Gasteiger partial charge in [0.2, 0.25) is 5.11 Å². The Morgan fingerprint density at radius 3 is 2.59 bits per heavy atom. The van der Waals surface area contributed by atoms with Crippen molar-refractivity contribution < 1.29 is 5.11 Å². The molecule has 0 radical (unpaired) electrons. The van der Waals surface area contributed by atoms with Crippen LogP contribution in [0.25, 0.3) is 11.0 Å². The lowest BCUT2D eigenvalue weighted by molar-refractivity contribution is 0.247. The first-order valence-corrected chi connectivity index (χ1v) is 9.51. The summed E-state index contributed by atoms with van der Waals surface area (Å²) in [5, 5.41) is 15.9. The lowest BCUT2D eigenvalue weighted by Gasteiger charge is -2.16. The number of benzene rings is 2.